The topological polar surface area (TPSA) is 244 Å². The van der Waals surface area contributed by atoms with E-state index in [-0.39, 0.29) is 51.9 Å². The normalized spacial score (nSPS) is 19.0. The van der Waals surface area contributed by atoms with Crippen LogP contribution in [0.4, 0.5) is 11.4 Å². The van der Waals surface area contributed by atoms with E-state index in [1.165, 1.54) is 29.9 Å². The lowest BCUT2D eigenvalue weighted by atomic mass is 9.76. The van der Waals surface area contributed by atoms with Crippen LogP contribution < -0.4 is 11.1 Å². The second-order valence-corrected chi connectivity index (χ2v) is 32.6. The molecule has 4 aliphatic rings. The van der Waals surface area contributed by atoms with Crippen molar-refractivity contribution in [2.24, 2.45) is 22.7 Å². The summed E-state index contributed by atoms with van der Waals surface area (Å²) in [6.07, 6.45) is 23.3. The summed E-state index contributed by atoms with van der Waals surface area (Å²) in [7, 11) is -4.09. The first kappa shape index (κ1) is 55.6. The predicted octanol–water partition coefficient (Wildman–Crippen LogP) is 9.18. The van der Waals surface area contributed by atoms with Crippen molar-refractivity contribution in [1.29, 1.82) is 0 Å². The molecular formula is C54H76N12O6S2Si. The highest BCUT2D eigenvalue weighted by atomic mass is 32.2. The minimum atomic E-state index is -2.98. The van der Waals surface area contributed by atoms with E-state index in [9.17, 15) is 23.1 Å². The molecule has 0 spiro atoms. The van der Waals surface area contributed by atoms with Crippen LogP contribution in [0.25, 0.3) is 0 Å². The highest BCUT2D eigenvalue weighted by Gasteiger charge is 2.35. The minimum absolute atomic E-state index is 0.109. The van der Waals surface area contributed by atoms with Gasteiger partial charge >= 0.3 is 5.97 Å². The van der Waals surface area contributed by atoms with Gasteiger partial charge in [0, 0.05) is 74.4 Å². The van der Waals surface area contributed by atoms with Gasteiger partial charge in [-0.2, -0.15) is 32.2 Å². The molecule has 6 aromatic heterocycles. The van der Waals surface area contributed by atoms with E-state index in [4.69, 9.17) is 10.5 Å². The van der Waals surface area contributed by atoms with Crippen LogP contribution in [0.1, 0.15) is 133 Å². The molecule has 0 saturated carbocycles. The number of ether oxygens (including phenoxy) is 1. The molecule has 0 aromatic carbocycles. The number of carboxylic acids is 1. The highest BCUT2D eigenvalue weighted by molar-refractivity contribution is 7.99. The first-order valence-corrected chi connectivity index (χ1v) is 33.0. The molecule has 0 radical (unpaired) electrons. The van der Waals surface area contributed by atoms with Crippen LogP contribution >= 0.6 is 11.8 Å². The number of amides is 1. The molecule has 75 heavy (non-hydrogen) atoms. The summed E-state index contributed by atoms with van der Waals surface area (Å²) in [5.74, 6) is 2.37. The Kier molecular flexibility index (Phi) is 17.6. The number of H-pyrrole nitrogens is 1. The quantitative estimate of drug-likeness (QED) is 0.0587. The highest BCUT2D eigenvalue weighted by Crippen LogP contribution is 2.39. The molecule has 18 nitrogen and oxygen atoms in total. The van der Waals surface area contributed by atoms with Gasteiger partial charge in [-0.05, 0) is 128 Å². The number of aromatic carboxylic acids is 1. The third-order valence-electron chi connectivity index (χ3n) is 15.0. The molecule has 1 amide bonds. The van der Waals surface area contributed by atoms with Crippen molar-refractivity contribution in [3.05, 3.63) is 119 Å². The number of aromatic nitrogens is 10. The fourth-order valence-corrected chi connectivity index (χ4v) is 14.2. The molecule has 8 heterocycles. The number of sulfone groups is 1. The molecule has 2 aliphatic heterocycles. The number of carbonyl (C=O) groups excluding carboxylic acids is 1. The number of pyridine rings is 2. The molecule has 2 aliphatic carbocycles. The van der Waals surface area contributed by atoms with E-state index in [1.807, 2.05) is 57.9 Å². The second-order valence-electron chi connectivity index (χ2n) is 23.5. The smallest absolute Gasteiger partial charge is 0.356 e. The van der Waals surface area contributed by atoms with Crippen molar-refractivity contribution in [3.8, 4) is 0 Å². The molecule has 2 atom stereocenters. The number of aromatic amines is 1. The van der Waals surface area contributed by atoms with Gasteiger partial charge in [0.05, 0.1) is 47.4 Å². The van der Waals surface area contributed by atoms with E-state index >= 15 is 0 Å². The Morgan fingerprint density at radius 3 is 2.04 bits per heavy atom. The third-order valence-corrected chi connectivity index (χ3v) is 19.5. The Labute approximate surface area is 446 Å². The van der Waals surface area contributed by atoms with Gasteiger partial charge in [0.25, 0.3) is 5.91 Å². The Bertz CT molecular complexity index is 2960. The van der Waals surface area contributed by atoms with Crippen LogP contribution in [0, 0.1) is 22.7 Å². The van der Waals surface area contributed by atoms with Crippen molar-refractivity contribution in [2.75, 3.05) is 40.7 Å². The number of nitrogens with two attached hydrogens (primary N) is 1. The average molecular weight is 1080 g/mol. The fourth-order valence-electron chi connectivity index (χ4n) is 10.7. The Balaban J connectivity index is 0.000000158. The van der Waals surface area contributed by atoms with Crippen molar-refractivity contribution in [3.63, 3.8) is 0 Å². The van der Waals surface area contributed by atoms with Crippen LogP contribution in [0.2, 0.25) is 25.7 Å². The summed E-state index contributed by atoms with van der Waals surface area (Å²) >= 11 is 2.04. The van der Waals surface area contributed by atoms with E-state index in [1.54, 1.807) is 35.7 Å². The van der Waals surface area contributed by atoms with E-state index < -0.39 is 23.9 Å². The number of nitrogens with one attached hydrogen (secondary N) is 2. The minimum Gasteiger partial charge on any atom is -0.476 e. The zero-order valence-electron chi connectivity index (χ0n) is 44.7. The molecule has 10 rings (SSSR count). The maximum Gasteiger partial charge on any atom is 0.356 e. The predicted molar refractivity (Wildman–Crippen MR) is 296 cm³/mol. The van der Waals surface area contributed by atoms with Crippen LogP contribution in [-0.4, -0.2) is 113 Å². The fraction of sp³-hybridized carbons (Fsp3) is 0.556. The number of rotatable bonds is 14. The van der Waals surface area contributed by atoms with Crippen molar-refractivity contribution in [1.82, 2.24) is 49.5 Å². The third kappa shape index (κ3) is 14.6. The number of fused-ring (bicyclic) bond motifs is 2. The Morgan fingerprint density at radius 2 is 1.45 bits per heavy atom. The number of hydrogen-bond acceptors (Lipinski definition) is 13. The molecule has 5 N–H and O–H groups in total. The van der Waals surface area contributed by atoms with E-state index in [0.29, 0.717) is 36.9 Å². The van der Waals surface area contributed by atoms with Crippen LogP contribution in [0.3, 0.4) is 0 Å². The number of anilines is 2. The van der Waals surface area contributed by atoms with Gasteiger partial charge in [0.15, 0.2) is 11.4 Å². The summed E-state index contributed by atoms with van der Waals surface area (Å²) < 4.78 is 35.3. The molecular weight excluding hydrogens is 1000 g/mol. The maximum atomic E-state index is 13.0. The van der Waals surface area contributed by atoms with Gasteiger partial charge < -0.3 is 20.9 Å². The molecule has 2 saturated heterocycles. The van der Waals surface area contributed by atoms with Crippen molar-refractivity contribution in [2.45, 2.75) is 136 Å². The van der Waals surface area contributed by atoms with E-state index in [2.05, 4.69) is 94.2 Å². The molecule has 0 bridgehead atoms. The monoisotopic (exact) mass is 1080 g/mol. The van der Waals surface area contributed by atoms with E-state index in [0.717, 1.165) is 84.9 Å². The summed E-state index contributed by atoms with van der Waals surface area (Å²) in [6.45, 7) is 16.9. The van der Waals surface area contributed by atoms with Gasteiger partial charge in [0.1, 0.15) is 16.6 Å². The SMILES string of the molecule is CC1(C)CCc2c(C(=O)Nc3cnn(C(c4cccnc4)C4CCS(=O)(=O)CC4)c3)n[nH]c2C1.CC1(C)CCc2c(C(=O)O)nn(COCC[Si](C)(C)C)c2C1.Nc1cnn(C(c2cccnc2)C2CCSCC2)c1. The molecule has 2 fully saturated rings. The summed E-state index contributed by atoms with van der Waals surface area (Å²) in [5, 5.41) is 32.9. The molecule has 404 valence electrons. The molecule has 2 unspecified atom stereocenters. The summed E-state index contributed by atoms with van der Waals surface area (Å²) in [5.41, 5.74) is 14.4. The van der Waals surface area contributed by atoms with Gasteiger partial charge in [0.2, 0.25) is 0 Å². The number of nitrogen functional groups attached to an aromatic ring is 1. The molecule has 6 aromatic rings. The Morgan fingerprint density at radius 1 is 0.853 bits per heavy atom. The standard InChI is InChI=1S/C24H30N6O3S.C16H28N2O3Si.C14H18N4S/c1-24(2)8-5-19-20(12-24)28-29-21(19)23(31)27-18-14-26-30(15-18)22(17-4-3-9-25-13-17)16-6-10-34(32,33)11-7-16;1-16(2)7-6-12-13(10-16)18(17-14(12)15(19)20)11-21-8-9-22(3,4)5;15-13-9-17-18(10-13)14(11-3-6-19-7-4-11)12-2-1-5-16-8-12/h3-4,9,13-16,22H,5-8,10-12H2,1-2H3,(H,27,31)(H,28,29);6-11H2,1-5H3,(H,19,20);1-2,5,8-11,14H,3-4,6-7,15H2. The van der Waals surface area contributed by atoms with Crippen molar-refractivity contribution < 1.29 is 27.9 Å². The lowest BCUT2D eigenvalue weighted by molar-refractivity contribution is 0.0667. The number of hydrogen-bond donors (Lipinski definition) is 4. The number of carboxylic acid groups (broad SMARTS) is 1. The summed E-state index contributed by atoms with van der Waals surface area (Å²) in [4.78, 5) is 32.9. The number of carbonyl (C=O) groups is 2. The van der Waals surface area contributed by atoms with Crippen LogP contribution in [0.5, 0.6) is 0 Å². The summed E-state index contributed by atoms with van der Waals surface area (Å²) in [6, 6.07) is 9.19. The Hall–Kier alpha value is -5.64. The van der Waals surface area contributed by atoms with Gasteiger partial charge in [-0.15, -0.1) is 0 Å². The van der Waals surface area contributed by atoms with Crippen LogP contribution in [-0.2, 0) is 47.0 Å². The van der Waals surface area contributed by atoms with Gasteiger partial charge in [-0.25, -0.2) is 17.9 Å². The molecule has 21 heteroatoms. The van der Waals surface area contributed by atoms with Gasteiger partial charge in [-0.3, -0.25) is 29.2 Å². The lowest BCUT2D eigenvalue weighted by Crippen LogP contribution is -2.30. The largest absolute Gasteiger partial charge is 0.476 e. The lowest BCUT2D eigenvalue weighted by Gasteiger charge is -2.30. The van der Waals surface area contributed by atoms with Crippen molar-refractivity contribution >= 4 is 52.9 Å². The maximum absolute atomic E-state index is 13.0. The zero-order chi connectivity index (χ0) is 53.5. The van der Waals surface area contributed by atoms with Crippen LogP contribution in [0.15, 0.2) is 73.8 Å². The number of nitrogens with zero attached hydrogens (tertiary/aromatic N) is 9. The second kappa shape index (κ2) is 23.7. The first-order valence-electron chi connectivity index (χ1n) is 26.3. The van der Waals surface area contributed by atoms with Gasteiger partial charge in [-0.1, -0.05) is 59.5 Å². The average Bonchev–Trinajstić information content (AvgIpc) is 4.19. The number of thioether (sulfide) groups is 1. The first-order chi connectivity index (χ1) is 35.6. The zero-order valence-corrected chi connectivity index (χ0v) is 47.3.